The Bertz CT molecular complexity index is 542. The van der Waals surface area contributed by atoms with Gasteiger partial charge in [0.15, 0.2) is 0 Å². The van der Waals surface area contributed by atoms with E-state index in [4.69, 9.17) is 5.26 Å². The van der Waals surface area contributed by atoms with E-state index in [1.165, 1.54) is 23.6 Å². The van der Waals surface area contributed by atoms with Crippen LogP contribution in [-0.4, -0.2) is 9.55 Å². The van der Waals surface area contributed by atoms with Crippen molar-refractivity contribution in [3.8, 4) is 6.07 Å². The summed E-state index contributed by atoms with van der Waals surface area (Å²) < 4.78 is 1.52. The summed E-state index contributed by atoms with van der Waals surface area (Å²) in [4.78, 5) is 25.2. The number of hydrogen-bond donors (Lipinski definition) is 1. The minimum atomic E-state index is -0.595. The average molecular weight is 233 g/mol. The summed E-state index contributed by atoms with van der Waals surface area (Å²) in [6.07, 6.45) is 7.86. The number of rotatable bonds is 1. The van der Waals surface area contributed by atoms with Crippen LogP contribution < -0.4 is 11.2 Å². The highest BCUT2D eigenvalue weighted by atomic mass is 16.2. The molecule has 1 aliphatic rings. The van der Waals surface area contributed by atoms with Gasteiger partial charge >= 0.3 is 5.69 Å². The smallest absolute Gasteiger partial charge is 0.296 e. The van der Waals surface area contributed by atoms with Crippen molar-refractivity contribution in [2.45, 2.75) is 44.6 Å². The molecule has 0 spiro atoms. The number of nitrogens with one attached hydrogen (secondary N) is 1. The van der Waals surface area contributed by atoms with Gasteiger partial charge in [-0.1, -0.05) is 25.7 Å². The predicted octanol–water partition coefficient (Wildman–Crippen LogP) is 1.30. The molecule has 0 bridgehead atoms. The van der Waals surface area contributed by atoms with E-state index in [0.29, 0.717) is 0 Å². The normalized spacial score (nSPS) is 17.4. The summed E-state index contributed by atoms with van der Waals surface area (Å²) in [6.45, 7) is 0. The van der Waals surface area contributed by atoms with Crippen LogP contribution in [0.4, 0.5) is 0 Å². The molecule has 0 aliphatic heterocycles. The fraction of sp³-hybridized carbons (Fsp3) is 0.583. The van der Waals surface area contributed by atoms with Gasteiger partial charge in [-0.3, -0.25) is 14.3 Å². The predicted molar refractivity (Wildman–Crippen MR) is 62.8 cm³/mol. The van der Waals surface area contributed by atoms with Gasteiger partial charge in [0.05, 0.1) is 0 Å². The molecule has 0 amide bonds. The van der Waals surface area contributed by atoms with Gasteiger partial charge in [0, 0.05) is 12.2 Å². The maximum Gasteiger partial charge on any atom is 0.328 e. The van der Waals surface area contributed by atoms with Crippen molar-refractivity contribution in [2.24, 2.45) is 0 Å². The second kappa shape index (κ2) is 5.00. The molecule has 90 valence electrons. The summed E-state index contributed by atoms with van der Waals surface area (Å²) in [7, 11) is 0. The summed E-state index contributed by atoms with van der Waals surface area (Å²) in [5.74, 6) is 0. The third-order valence-electron chi connectivity index (χ3n) is 3.31. The Hall–Kier alpha value is -1.83. The number of hydrogen-bond acceptors (Lipinski definition) is 3. The molecule has 1 N–H and O–H groups in total. The summed E-state index contributed by atoms with van der Waals surface area (Å²) in [5, 5.41) is 8.80. The van der Waals surface area contributed by atoms with Gasteiger partial charge in [0.1, 0.15) is 11.6 Å². The zero-order valence-electron chi connectivity index (χ0n) is 9.61. The van der Waals surface area contributed by atoms with Gasteiger partial charge < -0.3 is 0 Å². The van der Waals surface area contributed by atoms with Gasteiger partial charge in [-0.15, -0.1) is 0 Å². The van der Waals surface area contributed by atoms with Crippen LogP contribution in [0.25, 0.3) is 0 Å². The molecule has 5 nitrogen and oxygen atoms in total. The molecule has 1 fully saturated rings. The van der Waals surface area contributed by atoms with Crippen LogP contribution in [0.15, 0.2) is 15.8 Å². The summed E-state index contributed by atoms with van der Waals surface area (Å²) in [5.41, 5.74) is -0.989. The van der Waals surface area contributed by atoms with Crippen molar-refractivity contribution >= 4 is 0 Å². The van der Waals surface area contributed by atoms with E-state index in [2.05, 4.69) is 4.98 Å². The molecule has 0 saturated heterocycles. The van der Waals surface area contributed by atoms with E-state index in [0.717, 1.165) is 25.7 Å². The number of nitrogens with zero attached hydrogens (tertiary/aromatic N) is 2. The molecule has 0 unspecified atom stereocenters. The Morgan fingerprint density at radius 1 is 1.24 bits per heavy atom. The van der Waals surface area contributed by atoms with E-state index in [1.54, 1.807) is 0 Å². The molecule has 1 aromatic rings. The fourth-order valence-electron chi connectivity index (χ4n) is 2.37. The SMILES string of the molecule is N#Cc1cn(C2CCCCCC2)c(=O)[nH]c1=O. The Balaban J connectivity index is 2.40. The number of nitriles is 1. The van der Waals surface area contributed by atoms with Crippen molar-refractivity contribution in [3.63, 3.8) is 0 Å². The lowest BCUT2D eigenvalue weighted by Crippen LogP contribution is -2.33. The van der Waals surface area contributed by atoms with Crippen LogP contribution in [0.3, 0.4) is 0 Å². The standard InChI is InChI=1S/C12H15N3O2/c13-7-9-8-15(12(17)14-11(9)16)10-5-3-1-2-4-6-10/h8,10H,1-6H2,(H,14,16,17). The highest BCUT2D eigenvalue weighted by Gasteiger charge is 2.16. The molecule has 17 heavy (non-hydrogen) atoms. The van der Waals surface area contributed by atoms with Gasteiger partial charge in [0.25, 0.3) is 5.56 Å². The van der Waals surface area contributed by atoms with E-state index in [9.17, 15) is 9.59 Å². The van der Waals surface area contributed by atoms with Gasteiger partial charge in [-0.25, -0.2) is 4.79 Å². The number of aromatic nitrogens is 2. The zero-order valence-corrected chi connectivity index (χ0v) is 9.61. The van der Waals surface area contributed by atoms with Gasteiger partial charge in [-0.2, -0.15) is 5.26 Å². The molecule has 0 aromatic carbocycles. The van der Waals surface area contributed by atoms with Crippen molar-refractivity contribution in [2.75, 3.05) is 0 Å². The Morgan fingerprint density at radius 2 is 1.88 bits per heavy atom. The molecule has 0 radical (unpaired) electrons. The van der Waals surface area contributed by atoms with Crippen LogP contribution in [0.1, 0.15) is 50.1 Å². The first-order valence-electron chi connectivity index (χ1n) is 5.98. The van der Waals surface area contributed by atoms with E-state index < -0.39 is 11.2 Å². The van der Waals surface area contributed by atoms with Crippen molar-refractivity contribution in [1.82, 2.24) is 9.55 Å². The highest BCUT2D eigenvalue weighted by molar-refractivity contribution is 5.21. The number of H-pyrrole nitrogens is 1. The lowest BCUT2D eigenvalue weighted by Gasteiger charge is -2.16. The highest BCUT2D eigenvalue weighted by Crippen LogP contribution is 2.25. The second-order valence-electron chi connectivity index (χ2n) is 4.47. The van der Waals surface area contributed by atoms with Crippen molar-refractivity contribution in [3.05, 3.63) is 32.6 Å². The summed E-state index contributed by atoms with van der Waals surface area (Å²) in [6, 6.07) is 1.93. The van der Waals surface area contributed by atoms with E-state index >= 15 is 0 Å². The van der Waals surface area contributed by atoms with Crippen molar-refractivity contribution in [1.29, 1.82) is 5.26 Å². The zero-order chi connectivity index (χ0) is 12.3. The van der Waals surface area contributed by atoms with Crippen LogP contribution >= 0.6 is 0 Å². The molecule has 2 rings (SSSR count). The first-order chi connectivity index (χ1) is 8.22. The van der Waals surface area contributed by atoms with E-state index in [1.807, 2.05) is 6.07 Å². The fourth-order valence-corrected chi connectivity index (χ4v) is 2.37. The topological polar surface area (TPSA) is 78.7 Å². The molecule has 5 heteroatoms. The molecule has 1 aromatic heterocycles. The van der Waals surface area contributed by atoms with Gasteiger partial charge in [0.2, 0.25) is 0 Å². The lowest BCUT2D eigenvalue weighted by atomic mass is 10.1. The molecular weight excluding hydrogens is 218 g/mol. The van der Waals surface area contributed by atoms with Crippen LogP contribution in [0.2, 0.25) is 0 Å². The quantitative estimate of drug-likeness (QED) is 0.742. The minimum Gasteiger partial charge on any atom is -0.296 e. The van der Waals surface area contributed by atoms with Crippen molar-refractivity contribution < 1.29 is 0 Å². The lowest BCUT2D eigenvalue weighted by molar-refractivity contribution is 0.424. The van der Waals surface area contributed by atoms with Crippen LogP contribution in [-0.2, 0) is 0 Å². The van der Waals surface area contributed by atoms with Crippen LogP contribution in [0, 0.1) is 11.3 Å². The average Bonchev–Trinajstić information content (AvgIpc) is 2.58. The van der Waals surface area contributed by atoms with Crippen LogP contribution in [0.5, 0.6) is 0 Å². The van der Waals surface area contributed by atoms with Gasteiger partial charge in [-0.05, 0) is 12.8 Å². The maximum absolute atomic E-state index is 11.7. The molecule has 0 atom stereocenters. The molecular formula is C12H15N3O2. The Morgan fingerprint density at radius 3 is 2.47 bits per heavy atom. The Labute approximate surface area is 98.7 Å². The first kappa shape index (κ1) is 11.6. The largest absolute Gasteiger partial charge is 0.328 e. The second-order valence-corrected chi connectivity index (χ2v) is 4.47. The monoisotopic (exact) mass is 233 g/mol. The Kier molecular flexibility index (Phi) is 3.43. The molecule has 1 saturated carbocycles. The molecule has 1 aliphatic carbocycles. The third-order valence-corrected chi connectivity index (χ3v) is 3.31. The third kappa shape index (κ3) is 2.47. The first-order valence-corrected chi connectivity index (χ1v) is 5.98. The van der Waals surface area contributed by atoms with E-state index in [-0.39, 0.29) is 11.6 Å². The molecule has 1 heterocycles. The minimum absolute atomic E-state index is 0.00819. The maximum atomic E-state index is 11.7. The summed E-state index contributed by atoms with van der Waals surface area (Å²) >= 11 is 0. The number of aromatic amines is 1.